The van der Waals surface area contributed by atoms with E-state index in [1.807, 2.05) is 10.9 Å². The summed E-state index contributed by atoms with van der Waals surface area (Å²) in [5, 5.41) is 15.0. The summed E-state index contributed by atoms with van der Waals surface area (Å²) in [6.45, 7) is 6.44. The fraction of sp³-hybridized carbons (Fsp3) is 0.476. The van der Waals surface area contributed by atoms with E-state index in [4.69, 9.17) is 15.6 Å². The Morgan fingerprint density at radius 3 is 2.97 bits per heavy atom. The largest absolute Gasteiger partial charge is 0.496 e. The number of benzene rings is 1. The number of nitrogens with zero attached hydrogens (tertiary/aromatic N) is 4. The molecule has 0 saturated carbocycles. The normalized spacial score (nSPS) is 16.7. The number of methoxy groups -OCH3 is 1. The van der Waals surface area contributed by atoms with Crippen LogP contribution in [0.2, 0.25) is 0 Å². The quantitative estimate of drug-likeness (QED) is 0.416. The average molecular weight is 411 g/mol. The lowest BCUT2D eigenvalue weighted by molar-refractivity contribution is 0.401. The fourth-order valence-corrected chi connectivity index (χ4v) is 3.74. The van der Waals surface area contributed by atoms with Crippen LogP contribution in [0.5, 0.6) is 5.75 Å². The number of anilines is 2. The number of ether oxygens (including phenoxy) is 1. The van der Waals surface area contributed by atoms with Crippen LogP contribution in [0.15, 0.2) is 24.4 Å². The third kappa shape index (κ3) is 4.47. The molecule has 30 heavy (non-hydrogen) atoms. The first-order chi connectivity index (χ1) is 14.7. The van der Waals surface area contributed by atoms with Gasteiger partial charge in [-0.3, -0.25) is 4.68 Å². The van der Waals surface area contributed by atoms with Gasteiger partial charge in [-0.2, -0.15) is 10.1 Å². The first kappa shape index (κ1) is 20.4. The van der Waals surface area contributed by atoms with Crippen LogP contribution in [0, 0.1) is 0 Å². The Morgan fingerprint density at radius 2 is 2.20 bits per heavy atom. The number of aromatic nitrogens is 4. The third-order valence-corrected chi connectivity index (χ3v) is 5.34. The van der Waals surface area contributed by atoms with Gasteiger partial charge >= 0.3 is 0 Å². The Labute approximate surface area is 176 Å². The van der Waals surface area contributed by atoms with E-state index in [1.165, 1.54) is 5.56 Å². The Balaban J connectivity index is 1.58. The zero-order valence-corrected chi connectivity index (χ0v) is 17.6. The van der Waals surface area contributed by atoms with Crippen molar-refractivity contribution in [3.05, 3.63) is 35.5 Å². The lowest BCUT2D eigenvalue weighted by atomic mass is 10.0. The molecule has 3 aromatic rings. The highest BCUT2D eigenvalue weighted by molar-refractivity contribution is 5.85. The first-order valence-electron chi connectivity index (χ1n) is 10.5. The maximum Gasteiger partial charge on any atom is 0.222 e. The van der Waals surface area contributed by atoms with Gasteiger partial charge in [0.2, 0.25) is 5.95 Å². The zero-order chi connectivity index (χ0) is 20.9. The van der Waals surface area contributed by atoms with Crippen molar-refractivity contribution in [3.8, 4) is 5.75 Å². The van der Waals surface area contributed by atoms with Crippen molar-refractivity contribution < 1.29 is 4.74 Å². The molecule has 2 aromatic heterocycles. The standard InChI is InChI=1S/C21H30N8O/c1-3-4-7-25-20-19-17(26-21(22)27-20)13-29(28-19)12-15-6-5-14(10-18(15)30-2)16-11-23-8-9-24-16/h5-6,10,13,16,23-24H,3-4,7-9,11-12H2,1-2H3,(H3,22,25,26,27). The number of nitrogens with one attached hydrogen (secondary N) is 3. The summed E-state index contributed by atoms with van der Waals surface area (Å²) >= 11 is 0. The van der Waals surface area contributed by atoms with E-state index in [9.17, 15) is 0 Å². The lowest BCUT2D eigenvalue weighted by Gasteiger charge is -2.25. The predicted octanol–water partition coefficient (Wildman–Crippen LogP) is 1.91. The summed E-state index contributed by atoms with van der Waals surface area (Å²) in [5.74, 6) is 1.78. The van der Waals surface area contributed by atoms with Crippen LogP contribution >= 0.6 is 0 Å². The molecule has 0 spiro atoms. The van der Waals surface area contributed by atoms with Crippen LogP contribution in [0.1, 0.15) is 36.9 Å². The minimum Gasteiger partial charge on any atom is -0.496 e. The molecule has 1 aliphatic rings. The van der Waals surface area contributed by atoms with E-state index in [-0.39, 0.29) is 5.95 Å². The SMILES string of the molecule is CCCCNc1nc(N)nc2cn(Cc3ccc(C4CNCCN4)cc3OC)nc12. The monoisotopic (exact) mass is 410 g/mol. The molecule has 0 radical (unpaired) electrons. The van der Waals surface area contributed by atoms with E-state index in [2.05, 4.69) is 51.0 Å². The van der Waals surface area contributed by atoms with Gasteiger partial charge in [-0.05, 0) is 18.1 Å². The molecule has 0 amide bonds. The second-order valence-electron chi connectivity index (χ2n) is 7.55. The zero-order valence-electron chi connectivity index (χ0n) is 17.6. The number of nitrogens with two attached hydrogens (primary N) is 1. The summed E-state index contributed by atoms with van der Waals surface area (Å²) in [6, 6.07) is 6.67. The van der Waals surface area contributed by atoms with Crippen molar-refractivity contribution in [2.24, 2.45) is 0 Å². The molecule has 1 atom stereocenters. The maximum absolute atomic E-state index is 5.89. The van der Waals surface area contributed by atoms with E-state index in [0.717, 1.165) is 61.4 Å². The van der Waals surface area contributed by atoms with Crippen molar-refractivity contribution in [1.82, 2.24) is 30.4 Å². The maximum atomic E-state index is 5.89. The van der Waals surface area contributed by atoms with Crippen molar-refractivity contribution >= 4 is 22.8 Å². The van der Waals surface area contributed by atoms with E-state index >= 15 is 0 Å². The highest BCUT2D eigenvalue weighted by Gasteiger charge is 2.17. The molecule has 3 heterocycles. The van der Waals surface area contributed by atoms with Crippen molar-refractivity contribution in [2.75, 3.05) is 44.3 Å². The number of unbranched alkanes of at least 4 members (excludes halogenated alkanes) is 1. The molecule has 1 unspecified atom stereocenters. The molecule has 9 nitrogen and oxygen atoms in total. The lowest BCUT2D eigenvalue weighted by Crippen LogP contribution is -2.42. The van der Waals surface area contributed by atoms with Crippen LogP contribution in [-0.4, -0.2) is 53.0 Å². The number of rotatable bonds is 8. The summed E-state index contributed by atoms with van der Waals surface area (Å²) in [6.07, 6.45) is 4.06. The molecule has 5 N–H and O–H groups in total. The summed E-state index contributed by atoms with van der Waals surface area (Å²) in [7, 11) is 1.71. The molecular weight excluding hydrogens is 380 g/mol. The Morgan fingerprint density at radius 1 is 1.30 bits per heavy atom. The van der Waals surface area contributed by atoms with Gasteiger partial charge in [-0.1, -0.05) is 25.5 Å². The van der Waals surface area contributed by atoms with Gasteiger partial charge in [-0.15, -0.1) is 0 Å². The molecule has 4 rings (SSSR count). The van der Waals surface area contributed by atoms with Crippen molar-refractivity contribution in [2.45, 2.75) is 32.4 Å². The van der Waals surface area contributed by atoms with E-state index in [0.29, 0.717) is 18.4 Å². The van der Waals surface area contributed by atoms with Gasteiger partial charge in [0.25, 0.3) is 0 Å². The van der Waals surface area contributed by atoms with Crippen LogP contribution in [0.25, 0.3) is 11.0 Å². The van der Waals surface area contributed by atoms with Crippen LogP contribution in [0.4, 0.5) is 11.8 Å². The van der Waals surface area contributed by atoms with Gasteiger partial charge in [0.05, 0.1) is 19.9 Å². The van der Waals surface area contributed by atoms with E-state index < -0.39 is 0 Å². The Kier molecular flexibility index (Phi) is 6.29. The Hall–Kier alpha value is -2.91. The topological polar surface area (TPSA) is 115 Å². The predicted molar refractivity (Wildman–Crippen MR) is 119 cm³/mol. The van der Waals surface area contributed by atoms with E-state index in [1.54, 1.807) is 7.11 Å². The number of hydrogen-bond acceptors (Lipinski definition) is 8. The number of hydrogen-bond donors (Lipinski definition) is 4. The third-order valence-electron chi connectivity index (χ3n) is 5.34. The summed E-state index contributed by atoms with van der Waals surface area (Å²) in [4.78, 5) is 8.67. The molecule has 0 bridgehead atoms. The van der Waals surface area contributed by atoms with Crippen LogP contribution in [-0.2, 0) is 6.54 Å². The molecule has 1 aromatic carbocycles. The molecule has 1 saturated heterocycles. The second-order valence-corrected chi connectivity index (χ2v) is 7.55. The van der Waals surface area contributed by atoms with Gasteiger partial charge in [0.15, 0.2) is 11.3 Å². The van der Waals surface area contributed by atoms with Crippen LogP contribution in [0.3, 0.4) is 0 Å². The van der Waals surface area contributed by atoms with Crippen LogP contribution < -0.4 is 26.4 Å². The molecular formula is C21H30N8O. The van der Waals surface area contributed by atoms with Crippen molar-refractivity contribution in [1.29, 1.82) is 0 Å². The van der Waals surface area contributed by atoms with Gasteiger partial charge < -0.3 is 26.4 Å². The smallest absolute Gasteiger partial charge is 0.222 e. The Bertz CT molecular complexity index is 996. The molecule has 1 fully saturated rings. The minimum atomic E-state index is 0.247. The average Bonchev–Trinajstić information content (AvgIpc) is 3.17. The molecule has 1 aliphatic heterocycles. The van der Waals surface area contributed by atoms with Gasteiger partial charge in [0.1, 0.15) is 11.3 Å². The minimum absolute atomic E-state index is 0.247. The summed E-state index contributed by atoms with van der Waals surface area (Å²) < 4.78 is 7.54. The summed E-state index contributed by atoms with van der Waals surface area (Å²) in [5.41, 5.74) is 9.63. The number of piperazine rings is 1. The number of fused-ring (bicyclic) bond motifs is 1. The second kappa shape index (κ2) is 9.27. The highest BCUT2D eigenvalue weighted by atomic mass is 16.5. The van der Waals surface area contributed by atoms with Gasteiger partial charge in [-0.25, -0.2) is 4.98 Å². The molecule has 0 aliphatic carbocycles. The first-order valence-corrected chi connectivity index (χ1v) is 10.5. The fourth-order valence-electron chi connectivity index (χ4n) is 3.74. The number of nitrogen functional groups attached to an aromatic ring is 1. The highest BCUT2D eigenvalue weighted by Crippen LogP contribution is 2.26. The van der Waals surface area contributed by atoms with Gasteiger partial charge in [0, 0.05) is 37.8 Å². The van der Waals surface area contributed by atoms with Crippen molar-refractivity contribution in [3.63, 3.8) is 0 Å². The molecule has 160 valence electrons. The molecule has 9 heteroatoms.